The second-order valence-corrected chi connectivity index (χ2v) is 3.80. The third-order valence-electron chi connectivity index (χ3n) is 2.07. The molecule has 3 heteroatoms. The van der Waals surface area contributed by atoms with Crippen molar-refractivity contribution >= 4 is 0 Å². The highest BCUT2D eigenvalue weighted by atomic mass is 14.8. The quantitative estimate of drug-likeness (QED) is 0.695. The number of benzene rings is 1. The summed E-state index contributed by atoms with van der Waals surface area (Å²) < 4.78 is 0. The second-order valence-electron chi connectivity index (χ2n) is 3.80. The van der Waals surface area contributed by atoms with Crippen LogP contribution in [0.25, 0.3) is 0 Å². The fourth-order valence-electron chi connectivity index (χ4n) is 1.50. The van der Waals surface area contributed by atoms with Gasteiger partial charge in [0.25, 0.3) is 0 Å². The maximum Gasteiger partial charge on any atom is 0.0396 e. The van der Waals surface area contributed by atoms with Crippen molar-refractivity contribution in [2.75, 3.05) is 0 Å². The Balaban J connectivity index is 2.68. The van der Waals surface area contributed by atoms with Gasteiger partial charge < -0.3 is 16.8 Å². The van der Waals surface area contributed by atoms with E-state index in [1.54, 1.807) is 0 Å². The summed E-state index contributed by atoms with van der Waals surface area (Å²) >= 11 is 0. The zero-order valence-corrected chi connectivity index (χ0v) is 9.38. The van der Waals surface area contributed by atoms with Gasteiger partial charge in [-0.3, -0.25) is 0 Å². The van der Waals surface area contributed by atoms with Crippen molar-refractivity contribution in [3.05, 3.63) is 46.8 Å². The Hall–Kier alpha value is -1.48. The number of nitrogens with two attached hydrogens (primary N) is 2. The largest absolute Gasteiger partial charge is 0.401 e. The molecule has 0 saturated carbocycles. The molecule has 1 aromatic carbocycles. The molecule has 3 nitrogen and oxygen atoms in total. The number of hydrogen-bond donors (Lipinski definition) is 3. The lowest BCUT2D eigenvalue weighted by Crippen LogP contribution is -2.09. The summed E-state index contributed by atoms with van der Waals surface area (Å²) in [6.07, 6.45) is 1.81. The average Bonchev–Trinajstić information content (AvgIpc) is 2.16. The lowest BCUT2D eigenvalue weighted by atomic mass is 10.1. The normalized spacial score (nSPS) is 11.5. The van der Waals surface area contributed by atoms with E-state index in [0.717, 1.165) is 12.2 Å². The van der Waals surface area contributed by atoms with Crippen molar-refractivity contribution in [3.8, 4) is 0 Å². The van der Waals surface area contributed by atoms with Crippen molar-refractivity contribution in [2.24, 2.45) is 11.5 Å². The molecule has 1 rings (SSSR count). The summed E-state index contributed by atoms with van der Waals surface area (Å²) in [4.78, 5) is 0. The zero-order valence-electron chi connectivity index (χ0n) is 9.38. The smallest absolute Gasteiger partial charge is 0.0396 e. The number of aryl methyl sites for hydroxylation is 1. The molecule has 0 radical (unpaired) electrons. The van der Waals surface area contributed by atoms with E-state index >= 15 is 0 Å². The molecular formula is C12H19N3. The molecule has 5 N–H and O–H groups in total. The molecule has 0 aliphatic heterocycles. The Morgan fingerprint density at radius 1 is 1.33 bits per heavy atom. The topological polar surface area (TPSA) is 64.1 Å². The Morgan fingerprint density at radius 2 is 2.00 bits per heavy atom. The van der Waals surface area contributed by atoms with Gasteiger partial charge in [0.1, 0.15) is 0 Å². The Bertz CT molecular complexity index is 352. The van der Waals surface area contributed by atoms with Crippen LogP contribution in [0.4, 0.5) is 0 Å². The highest BCUT2D eigenvalue weighted by molar-refractivity contribution is 5.29. The lowest BCUT2D eigenvalue weighted by Gasteiger charge is -2.06. The molecule has 0 aliphatic rings. The zero-order chi connectivity index (χ0) is 11.3. The van der Waals surface area contributed by atoms with E-state index in [2.05, 4.69) is 30.4 Å². The highest BCUT2D eigenvalue weighted by Crippen LogP contribution is 2.09. The molecule has 0 aromatic heterocycles. The van der Waals surface area contributed by atoms with Gasteiger partial charge in [0, 0.05) is 25.0 Å². The standard InChI is InChI=1S/C12H19N3/c1-9-3-11(6-13)5-12(4-9)8-15-7-10(2)14/h3-5,7,15H,6,8,13-14H2,1-2H3/b10-7-. The molecule has 0 fully saturated rings. The molecular weight excluding hydrogens is 186 g/mol. The van der Waals surface area contributed by atoms with Crippen molar-refractivity contribution in [2.45, 2.75) is 26.9 Å². The van der Waals surface area contributed by atoms with Crippen LogP contribution in [0, 0.1) is 6.92 Å². The Kier molecular flexibility index (Phi) is 4.18. The van der Waals surface area contributed by atoms with Gasteiger partial charge in [-0.1, -0.05) is 23.8 Å². The average molecular weight is 205 g/mol. The van der Waals surface area contributed by atoms with Crippen molar-refractivity contribution in [1.29, 1.82) is 0 Å². The van der Waals surface area contributed by atoms with E-state index in [9.17, 15) is 0 Å². The van der Waals surface area contributed by atoms with Crippen LogP contribution in [0.15, 0.2) is 30.1 Å². The minimum absolute atomic E-state index is 0.584. The van der Waals surface area contributed by atoms with Crippen molar-refractivity contribution < 1.29 is 0 Å². The molecule has 0 amide bonds. The van der Waals surface area contributed by atoms with E-state index < -0.39 is 0 Å². The van der Waals surface area contributed by atoms with Gasteiger partial charge in [-0.2, -0.15) is 0 Å². The number of allylic oxidation sites excluding steroid dienone is 1. The Morgan fingerprint density at radius 3 is 2.60 bits per heavy atom. The Labute approximate surface area is 91.2 Å². The summed E-state index contributed by atoms with van der Waals surface area (Å²) in [6, 6.07) is 6.36. The fraction of sp³-hybridized carbons (Fsp3) is 0.333. The molecule has 0 unspecified atom stereocenters. The number of hydrogen-bond acceptors (Lipinski definition) is 3. The van der Waals surface area contributed by atoms with Crippen molar-refractivity contribution in [1.82, 2.24) is 5.32 Å². The van der Waals surface area contributed by atoms with E-state index in [0.29, 0.717) is 6.54 Å². The monoisotopic (exact) mass is 205 g/mol. The van der Waals surface area contributed by atoms with Crippen molar-refractivity contribution in [3.63, 3.8) is 0 Å². The van der Waals surface area contributed by atoms with Gasteiger partial charge in [-0.05, 0) is 25.0 Å². The second kappa shape index (κ2) is 5.41. The summed E-state index contributed by atoms with van der Waals surface area (Å²) in [5.74, 6) is 0. The van der Waals surface area contributed by atoms with Crippen LogP contribution in [0.3, 0.4) is 0 Å². The van der Waals surface area contributed by atoms with E-state index in [1.807, 2.05) is 13.1 Å². The fourth-order valence-corrected chi connectivity index (χ4v) is 1.50. The van der Waals surface area contributed by atoms with Gasteiger partial charge in [-0.25, -0.2) is 0 Å². The summed E-state index contributed by atoms with van der Waals surface area (Å²) in [5, 5.41) is 3.15. The SMILES string of the molecule is C/C(N)=C/NCc1cc(C)cc(CN)c1. The first-order valence-corrected chi connectivity index (χ1v) is 5.07. The number of rotatable bonds is 4. The molecule has 0 saturated heterocycles. The summed E-state index contributed by atoms with van der Waals surface area (Å²) in [7, 11) is 0. The molecule has 0 bridgehead atoms. The summed E-state index contributed by atoms with van der Waals surface area (Å²) in [6.45, 7) is 5.30. The first-order valence-electron chi connectivity index (χ1n) is 5.07. The van der Waals surface area contributed by atoms with E-state index in [1.165, 1.54) is 16.7 Å². The van der Waals surface area contributed by atoms with Gasteiger partial charge in [0.05, 0.1) is 0 Å². The first kappa shape index (κ1) is 11.6. The molecule has 0 aliphatic carbocycles. The molecule has 1 aromatic rings. The summed E-state index contributed by atoms with van der Waals surface area (Å²) in [5.41, 5.74) is 15.5. The lowest BCUT2D eigenvalue weighted by molar-refractivity contribution is 0.853. The molecule has 82 valence electrons. The predicted octanol–water partition coefficient (Wildman–Crippen LogP) is 1.36. The third kappa shape index (κ3) is 4.04. The van der Waals surface area contributed by atoms with Crippen LogP contribution >= 0.6 is 0 Å². The molecule has 15 heavy (non-hydrogen) atoms. The van der Waals surface area contributed by atoms with Crippen LogP contribution in [0.1, 0.15) is 23.6 Å². The van der Waals surface area contributed by atoms with Gasteiger partial charge in [0.2, 0.25) is 0 Å². The first-order chi connectivity index (χ1) is 7.11. The maximum atomic E-state index is 5.61. The van der Waals surface area contributed by atoms with Gasteiger partial charge in [0.15, 0.2) is 0 Å². The third-order valence-corrected chi connectivity index (χ3v) is 2.07. The van der Waals surface area contributed by atoms with Crippen LogP contribution in [0.2, 0.25) is 0 Å². The van der Waals surface area contributed by atoms with Crippen LogP contribution in [0.5, 0.6) is 0 Å². The van der Waals surface area contributed by atoms with Crippen LogP contribution in [-0.2, 0) is 13.1 Å². The van der Waals surface area contributed by atoms with Gasteiger partial charge >= 0.3 is 0 Å². The van der Waals surface area contributed by atoms with Gasteiger partial charge in [-0.15, -0.1) is 0 Å². The van der Waals surface area contributed by atoms with Crippen LogP contribution in [-0.4, -0.2) is 0 Å². The minimum Gasteiger partial charge on any atom is -0.401 e. The molecule has 0 heterocycles. The molecule has 0 spiro atoms. The maximum absolute atomic E-state index is 5.61. The van der Waals surface area contributed by atoms with E-state index in [-0.39, 0.29) is 0 Å². The highest BCUT2D eigenvalue weighted by Gasteiger charge is 1.96. The number of nitrogens with one attached hydrogen (secondary N) is 1. The van der Waals surface area contributed by atoms with Crippen LogP contribution < -0.4 is 16.8 Å². The minimum atomic E-state index is 0.584. The predicted molar refractivity (Wildman–Crippen MR) is 63.9 cm³/mol. The molecule has 0 atom stereocenters. The van der Waals surface area contributed by atoms with E-state index in [4.69, 9.17) is 11.5 Å².